The van der Waals surface area contributed by atoms with Crippen LogP contribution in [0.1, 0.15) is 39.5 Å². The molecule has 0 aromatic heterocycles. The van der Waals surface area contributed by atoms with Crippen molar-refractivity contribution in [2.24, 2.45) is 0 Å². The predicted molar refractivity (Wildman–Crippen MR) is 62.0 cm³/mol. The number of hydrogen-bond acceptors (Lipinski definition) is 2. The minimum atomic E-state index is 0.310. The molecule has 1 aliphatic carbocycles. The third-order valence-corrected chi connectivity index (χ3v) is 3.54. The van der Waals surface area contributed by atoms with Gasteiger partial charge < -0.3 is 9.47 Å². The Bertz CT molecular complexity index is 150. The molecule has 1 saturated carbocycles. The fourth-order valence-electron chi connectivity index (χ4n) is 1.72. The van der Waals surface area contributed by atoms with E-state index in [4.69, 9.17) is 9.47 Å². The fourth-order valence-corrected chi connectivity index (χ4v) is 2.46. The Morgan fingerprint density at radius 2 is 1.93 bits per heavy atom. The summed E-state index contributed by atoms with van der Waals surface area (Å²) in [5, 5.41) is 0. The van der Waals surface area contributed by atoms with E-state index in [-0.39, 0.29) is 0 Å². The van der Waals surface area contributed by atoms with Crippen LogP contribution in [0, 0.1) is 0 Å². The molecule has 14 heavy (non-hydrogen) atoms. The van der Waals surface area contributed by atoms with Crippen molar-refractivity contribution in [2.45, 2.75) is 56.6 Å². The molecular weight excluding hydrogens is 244 g/mol. The van der Waals surface area contributed by atoms with Gasteiger partial charge in [-0.2, -0.15) is 0 Å². The summed E-state index contributed by atoms with van der Waals surface area (Å²) < 4.78 is 11.2. The van der Waals surface area contributed by atoms with Gasteiger partial charge in [0.25, 0.3) is 0 Å². The number of alkyl halides is 1. The molecule has 0 saturated heterocycles. The lowest BCUT2D eigenvalue weighted by Gasteiger charge is -2.27. The van der Waals surface area contributed by atoms with Crippen molar-refractivity contribution >= 4 is 15.9 Å². The van der Waals surface area contributed by atoms with Gasteiger partial charge in [0.15, 0.2) is 0 Å². The monoisotopic (exact) mass is 264 g/mol. The molecule has 2 unspecified atom stereocenters. The van der Waals surface area contributed by atoms with Crippen molar-refractivity contribution < 1.29 is 9.47 Å². The summed E-state index contributed by atoms with van der Waals surface area (Å²) in [6.07, 6.45) is 5.79. The van der Waals surface area contributed by atoms with Crippen LogP contribution in [-0.4, -0.2) is 30.2 Å². The second-order valence-corrected chi connectivity index (χ2v) is 5.31. The molecule has 0 radical (unpaired) electrons. The standard InChI is InChI=1S/C11H21BrO2/c1-9(2)13-7-8-14-11-6-4-3-5-10(11)12/h9-11H,3-8H2,1-2H3. The first-order valence-corrected chi connectivity index (χ1v) is 6.49. The molecule has 0 aliphatic heterocycles. The molecule has 0 heterocycles. The summed E-state index contributed by atoms with van der Waals surface area (Å²) in [4.78, 5) is 0.551. The predicted octanol–water partition coefficient (Wildman–Crippen LogP) is 3.13. The summed E-state index contributed by atoms with van der Waals surface area (Å²) in [6, 6.07) is 0. The van der Waals surface area contributed by atoms with Gasteiger partial charge in [-0.05, 0) is 26.7 Å². The van der Waals surface area contributed by atoms with Crippen molar-refractivity contribution in [1.82, 2.24) is 0 Å². The average molecular weight is 265 g/mol. The zero-order valence-corrected chi connectivity index (χ0v) is 10.8. The highest BCUT2D eigenvalue weighted by atomic mass is 79.9. The first kappa shape index (κ1) is 12.5. The minimum absolute atomic E-state index is 0.310. The molecule has 0 aromatic carbocycles. The van der Waals surface area contributed by atoms with Crippen LogP contribution in [0.25, 0.3) is 0 Å². The van der Waals surface area contributed by atoms with E-state index in [1.165, 1.54) is 25.7 Å². The van der Waals surface area contributed by atoms with E-state index < -0.39 is 0 Å². The Morgan fingerprint density at radius 3 is 2.57 bits per heavy atom. The zero-order chi connectivity index (χ0) is 10.4. The van der Waals surface area contributed by atoms with Crippen LogP contribution in [0.15, 0.2) is 0 Å². The first-order chi connectivity index (χ1) is 6.70. The van der Waals surface area contributed by atoms with E-state index in [1.807, 2.05) is 13.8 Å². The van der Waals surface area contributed by atoms with Gasteiger partial charge in [0, 0.05) is 4.83 Å². The smallest absolute Gasteiger partial charge is 0.0704 e. The highest BCUT2D eigenvalue weighted by Crippen LogP contribution is 2.26. The third-order valence-electron chi connectivity index (χ3n) is 2.49. The highest BCUT2D eigenvalue weighted by Gasteiger charge is 2.22. The van der Waals surface area contributed by atoms with Crippen molar-refractivity contribution in [3.8, 4) is 0 Å². The van der Waals surface area contributed by atoms with Gasteiger partial charge in [-0.15, -0.1) is 0 Å². The summed E-state index contributed by atoms with van der Waals surface area (Å²) >= 11 is 3.67. The van der Waals surface area contributed by atoms with Crippen LogP contribution in [0.3, 0.4) is 0 Å². The van der Waals surface area contributed by atoms with Crippen LogP contribution in [0.2, 0.25) is 0 Å². The number of hydrogen-bond donors (Lipinski definition) is 0. The summed E-state index contributed by atoms with van der Waals surface area (Å²) in [7, 11) is 0. The molecule has 1 rings (SSSR count). The zero-order valence-electron chi connectivity index (χ0n) is 9.17. The maximum absolute atomic E-state index is 5.77. The Balaban J connectivity index is 2.04. The molecule has 0 spiro atoms. The van der Waals surface area contributed by atoms with Crippen LogP contribution in [-0.2, 0) is 9.47 Å². The molecule has 3 heteroatoms. The quantitative estimate of drug-likeness (QED) is 0.561. The largest absolute Gasteiger partial charge is 0.376 e. The highest BCUT2D eigenvalue weighted by molar-refractivity contribution is 9.09. The van der Waals surface area contributed by atoms with E-state index in [0.717, 1.165) is 6.61 Å². The summed E-state index contributed by atoms with van der Waals surface area (Å²) in [5.74, 6) is 0. The second kappa shape index (κ2) is 6.81. The van der Waals surface area contributed by atoms with Crippen molar-refractivity contribution in [3.63, 3.8) is 0 Å². The fraction of sp³-hybridized carbons (Fsp3) is 1.00. The minimum Gasteiger partial charge on any atom is -0.376 e. The molecule has 2 nitrogen and oxygen atoms in total. The van der Waals surface area contributed by atoms with Crippen LogP contribution in [0.4, 0.5) is 0 Å². The summed E-state index contributed by atoms with van der Waals surface area (Å²) in [6.45, 7) is 5.54. The van der Waals surface area contributed by atoms with Gasteiger partial charge in [0.05, 0.1) is 25.4 Å². The van der Waals surface area contributed by atoms with Crippen LogP contribution < -0.4 is 0 Å². The Morgan fingerprint density at radius 1 is 1.21 bits per heavy atom. The Labute approximate surface area is 95.5 Å². The SMILES string of the molecule is CC(C)OCCOC1CCCCC1Br. The molecule has 84 valence electrons. The lowest BCUT2D eigenvalue weighted by atomic mass is 9.98. The number of ether oxygens (including phenoxy) is 2. The van der Waals surface area contributed by atoms with Gasteiger partial charge in [-0.3, -0.25) is 0 Å². The van der Waals surface area contributed by atoms with Gasteiger partial charge in [-0.25, -0.2) is 0 Å². The molecule has 2 atom stereocenters. The maximum atomic E-state index is 5.77. The van der Waals surface area contributed by atoms with E-state index in [0.29, 0.717) is 23.6 Å². The van der Waals surface area contributed by atoms with E-state index in [9.17, 15) is 0 Å². The lowest BCUT2D eigenvalue weighted by molar-refractivity contribution is -0.0207. The Kier molecular flexibility index (Phi) is 6.06. The topological polar surface area (TPSA) is 18.5 Å². The Hall–Kier alpha value is 0.400. The van der Waals surface area contributed by atoms with Crippen molar-refractivity contribution in [3.05, 3.63) is 0 Å². The normalized spacial score (nSPS) is 28.3. The van der Waals surface area contributed by atoms with Crippen LogP contribution in [0.5, 0.6) is 0 Å². The van der Waals surface area contributed by atoms with Gasteiger partial charge in [0.2, 0.25) is 0 Å². The van der Waals surface area contributed by atoms with Crippen molar-refractivity contribution in [2.75, 3.05) is 13.2 Å². The van der Waals surface area contributed by atoms with E-state index in [1.54, 1.807) is 0 Å². The number of halogens is 1. The molecule has 0 bridgehead atoms. The molecule has 1 fully saturated rings. The third kappa shape index (κ3) is 4.76. The van der Waals surface area contributed by atoms with E-state index >= 15 is 0 Å². The second-order valence-electron chi connectivity index (χ2n) is 4.13. The number of rotatable bonds is 5. The average Bonchev–Trinajstić information content (AvgIpc) is 2.15. The summed E-state index contributed by atoms with van der Waals surface area (Å²) in [5.41, 5.74) is 0. The van der Waals surface area contributed by atoms with Gasteiger partial charge in [-0.1, -0.05) is 28.8 Å². The molecule has 0 aromatic rings. The molecule has 0 amide bonds. The molecular formula is C11H21BrO2. The lowest BCUT2D eigenvalue weighted by Crippen LogP contribution is -2.29. The van der Waals surface area contributed by atoms with Crippen LogP contribution >= 0.6 is 15.9 Å². The maximum Gasteiger partial charge on any atom is 0.0704 e. The van der Waals surface area contributed by atoms with Crippen molar-refractivity contribution in [1.29, 1.82) is 0 Å². The van der Waals surface area contributed by atoms with Gasteiger partial charge >= 0.3 is 0 Å². The first-order valence-electron chi connectivity index (χ1n) is 5.57. The van der Waals surface area contributed by atoms with Gasteiger partial charge in [0.1, 0.15) is 0 Å². The van der Waals surface area contributed by atoms with E-state index in [2.05, 4.69) is 15.9 Å². The molecule has 0 N–H and O–H groups in total. The molecule has 1 aliphatic rings.